The van der Waals surface area contributed by atoms with E-state index in [9.17, 15) is 13.6 Å². The van der Waals surface area contributed by atoms with Crippen molar-refractivity contribution in [1.29, 1.82) is 0 Å². The van der Waals surface area contributed by atoms with E-state index < -0.39 is 18.4 Å². The number of hydrogen-bond donors (Lipinski definition) is 1. The zero-order valence-electron chi connectivity index (χ0n) is 22.8. The Bertz CT molecular complexity index is 1060. The molecule has 2 heterocycles. The summed E-state index contributed by atoms with van der Waals surface area (Å²) in [6.45, 7) is 7.64. The van der Waals surface area contributed by atoms with E-state index in [2.05, 4.69) is 9.98 Å². The van der Waals surface area contributed by atoms with Crippen molar-refractivity contribution in [2.75, 3.05) is 40.3 Å². The third kappa shape index (κ3) is 7.91. The van der Waals surface area contributed by atoms with Crippen LogP contribution in [0.1, 0.15) is 27.7 Å². The summed E-state index contributed by atoms with van der Waals surface area (Å²) in [7, 11) is 3.54. The van der Waals surface area contributed by atoms with Gasteiger partial charge in [-0.1, -0.05) is 19.1 Å². The zero-order valence-corrected chi connectivity index (χ0v) is 22.8. The van der Waals surface area contributed by atoms with Crippen LogP contribution in [0.15, 0.2) is 68.9 Å². The first kappa shape index (κ1) is 31.0. The molecule has 210 valence electrons. The monoisotopic (exact) mass is 537 g/mol. The molecule has 2 aliphatic rings. The maximum atomic E-state index is 15.4. The highest BCUT2D eigenvalue weighted by Crippen LogP contribution is 2.32. The van der Waals surface area contributed by atoms with Crippen LogP contribution >= 0.6 is 0 Å². The number of aliphatic imine (C=N–C) groups is 2. The highest BCUT2D eigenvalue weighted by Gasteiger charge is 2.30. The summed E-state index contributed by atoms with van der Waals surface area (Å²) in [5, 5.41) is 0. The van der Waals surface area contributed by atoms with E-state index in [4.69, 9.17) is 15.2 Å². The SMILES string of the molecule is CC=C(C1=CC(N=CCN)C(C)C(OC=CC2CN(C(=O)C(F)F)CCO2)=N1)C(C)=C(F)C(=CC)N(C)C. The first-order valence-electron chi connectivity index (χ1n) is 12.5. The molecule has 0 saturated carbocycles. The Hall–Kier alpha value is -3.18. The molecule has 0 aromatic carbocycles. The van der Waals surface area contributed by atoms with E-state index in [1.165, 1.54) is 6.26 Å². The molecule has 1 amide bonds. The number of carbonyl (C=O) groups excluding carboxylic acids is 1. The minimum atomic E-state index is -3.06. The molecule has 3 atom stereocenters. The predicted molar refractivity (Wildman–Crippen MR) is 144 cm³/mol. The van der Waals surface area contributed by atoms with Crippen LogP contribution in [0.4, 0.5) is 13.2 Å². The van der Waals surface area contributed by atoms with Gasteiger partial charge in [-0.25, -0.2) is 9.38 Å². The van der Waals surface area contributed by atoms with Gasteiger partial charge in [0.2, 0.25) is 0 Å². The summed E-state index contributed by atoms with van der Waals surface area (Å²) < 4.78 is 52.4. The standard InChI is InChI=1S/C27H38F3N5O3/c1-7-20(17(3)24(28)23(8-2)34(5)6)22-15-21(32-11-10-31)18(4)26(33-22)38-13-9-19-16-35(12-14-37-19)27(36)25(29)30/h7-9,11,13,15,18-19,21,25H,10,12,14,16,31H2,1-6H3. The molecule has 1 saturated heterocycles. The normalized spacial score (nSPS) is 24.1. The van der Waals surface area contributed by atoms with Crippen LogP contribution in [0.3, 0.4) is 0 Å². The molecule has 8 nitrogen and oxygen atoms in total. The average Bonchev–Trinajstić information content (AvgIpc) is 2.89. The lowest BCUT2D eigenvalue weighted by Gasteiger charge is -2.31. The van der Waals surface area contributed by atoms with Gasteiger partial charge in [-0.3, -0.25) is 9.79 Å². The number of alkyl halides is 2. The van der Waals surface area contributed by atoms with Crippen LogP contribution in [0.2, 0.25) is 0 Å². The van der Waals surface area contributed by atoms with Crippen molar-refractivity contribution in [2.45, 2.75) is 46.3 Å². The lowest BCUT2D eigenvalue weighted by atomic mass is 9.93. The first-order chi connectivity index (χ1) is 18.0. The van der Waals surface area contributed by atoms with Crippen molar-refractivity contribution in [2.24, 2.45) is 21.6 Å². The van der Waals surface area contributed by atoms with Gasteiger partial charge in [0.05, 0.1) is 48.9 Å². The first-order valence-corrected chi connectivity index (χ1v) is 12.5. The van der Waals surface area contributed by atoms with Crippen LogP contribution in [0.5, 0.6) is 0 Å². The fourth-order valence-electron chi connectivity index (χ4n) is 4.12. The smallest absolute Gasteiger partial charge is 0.315 e. The van der Waals surface area contributed by atoms with Gasteiger partial charge in [0, 0.05) is 39.0 Å². The Morgan fingerprint density at radius 1 is 1.37 bits per heavy atom. The number of ether oxygens (including phenoxy) is 2. The number of likely N-dealkylation sites (N-methyl/N-ethyl adjacent to an activating group) is 1. The van der Waals surface area contributed by atoms with Crippen molar-refractivity contribution in [3.8, 4) is 0 Å². The van der Waals surface area contributed by atoms with Gasteiger partial charge in [-0.05, 0) is 38.5 Å². The molecule has 0 aromatic rings. The fourth-order valence-corrected chi connectivity index (χ4v) is 4.12. The summed E-state index contributed by atoms with van der Waals surface area (Å²) in [5.74, 6) is -1.53. The number of halogens is 3. The molecule has 38 heavy (non-hydrogen) atoms. The second-order valence-corrected chi connectivity index (χ2v) is 9.00. The van der Waals surface area contributed by atoms with Crippen molar-refractivity contribution in [3.05, 3.63) is 58.9 Å². The third-order valence-corrected chi connectivity index (χ3v) is 6.20. The van der Waals surface area contributed by atoms with Crippen LogP contribution in [-0.4, -0.2) is 86.7 Å². The van der Waals surface area contributed by atoms with Crippen LogP contribution in [0, 0.1) is 5.92 Å². The number of amides is 1. The summed E-state index contributed by atoms with van der Waals surface area (Å²) in [5.41, 5.74) is 7.56. The minimum absolute atomic E-state index is 0.00915. The third-order valence-electron chi connectivity index (χ3n) is 6.20. The van der Waals surface area contributed by atoms with Gasteiger partial charge < -0.3 is 25.0 Å². The number of allylic oxidation sites excluding steroid dienone is 4. The van der Waals surface area contributed by atoms with Gasteiger partial charge in [-0.2, -0.15) is 8.78 Å². The molecule has 3 unspecified atom stereocenters. The second kappa shape index (κ2) is 14.7. The molecule has 2 N–H and O–H groups in total. The van der Waals surface area contributed by atoms with E-state index >= 15 is 4.39 Å². The van der Waals surface area contributed by atoms with Crippen LogP contribution in [0.25, 0.3) is 0 Å². The predicted octanol–water partition coefficient (Wildman–Crippen LogP) is 3.99. The lowest BCUT2D eigenvalue weighted by molar-refractivity contribution is -0.148. The van der Waals surface area contributed by atoms with E-state index in [0.29, 0.717) is 28.4 Å². The Kier molecular flexibility index (Phi) is 12.0. The molecule has 0 spiro atoms. The Labute approximate surface area is 222 Å². The molecule has 0 aromatic heterocycles. The Morgan fingerprint density at radius 3 is 2.66 bits per heavy atom. The maximum Gasteiger partial charge on any atom is 0.315 e. The second-order valence-electron chi connectivity index (χ2n) is 9.00. The molecule has 0 aliphatic carbocycles. The molecule has 0 bridgehead atoms. The van der Waals surface area contributed by atoms with E-state index in [1.54, 1.807) is 64.2 Å². The summed E-state index contributed by atoms with van der Waals surface area (Å²) in [6.07, 6.45) is 6.17. The molecule has 0 radical (unpaired) electrons. The van der Waals surface area contributed by atoms with Gasteiger partial charge >= 0.3 is 6.43 Å². The Morgan fingerprint density at radius 2 is 2.08 bits per heavy atom. The molecular weight excluding hydrogens is 499 g/mol. The quantitative estimate of drug-likeness (QED) is 0.273. The van der Waals surface area contributed by atoms with Crippen LogP contribution < -0.4 is 5.73 Å². The molecule has 1 fully saturated rings. The number of hydrogen-bond acceptors (Lipinski definition) is 7. The highest BCUT2D eigenvalue weighted by atomic mass is 19.3. The highest BCUT2D eigenvalue weighted by molar-refractivity contribution is 5.84. The van der Waals surface area contributed by atoms with Gasteiger partial charge in [-0.15, -0.1) is 0 Å². The maximum absolute atomic E-state index is 15.4. The van der Waals surface area contributed by atoms with Crippen molar-refractivity contribution < 1.29 is 27.4 Å². The van der Waals surface area contributed by atoms with E-state index in [1.807, 2.05) is 13.0 Å². The van der Waals surface area contributed by atoms with Crippen LogP contribution in [-0.2, 0) is 14.3 Å². The largest absolute Gasteiger partial charge is 0.450 e. The summed E-state index contributed by atoms with van der Waals surface area (Å²) >= 11 is 0. The topological polar surface area (TPSA) is 92.8 Å². The molecule has 2 rings (SSSR count). The minimum Gasteiger partial charge on any atom is -0.450 e. The summed E-state index contributed by atoms with van der Waals surface area (Å²) in [4.78, 5) is 23.6. The molecule has 11 heteroatoms. The van der Waals surface area contributed by atoms with E-state index in [-0.39, 0.29) is 44.0 Å². The number of rotatable bonds is 9. The number of carbonyl (C=O) groups is 1. The number of nitrogens with two attached hydrogens (primary N) is 1. The average molecular weight is 538 g/mol. The Balaban J connectivity index is 2.34. The van der Waals surface area contributed by atoms with Gasteiger partial charge in [0.1, 0.15) is 5.83 Å². The number of morpholine rings is 1. The van der Waals surface area contributed by atoms with Gasteiger partial charge in [0.25, 0.3) is 5.91 Å². The van der Waals surface area contributed by atoms with Crippen molar-refractivity contribution in [3.63, 3.8) is 0 Å². The number of nitrogens with zero attached hydrogens (tertiary/aromatic N) is 4. The molecule has 2 aliphatic heterocycles. The fraction of sp³-hybridized carbons (Fsp3) is 0.519. The zero-order chi connectivity index (χ0) is 28.4. The molecular formula is C27H38F3N5O3. The lowest BCUT2D eigenvalue weighted by Crippen LogP contribution is -2.47. The van der Waals surface area contributed by atoms with Crippen molar-refractivity contribution in [1.82, 2.24) is 9.80 Å². The van der Waals surface area contributed by atoms with Gasteiger partial charge in [0.15, 0.2) is 5.90 Å². The van der Waals surface area contributed by atoms with Crippen molar-refractivity contribution >= 4 is 18.0 Å². The summed E-state index contributed by atoms with van der Waals surface area (Å²) in [6, 6.07) is -0.361. The van der Waals surface area contributed by atoms with E-state index in [0.717, 1.165) is 4.90 Å².